The Morgan fingerprint density at radius 3 is 2.86 bits per heavy atom. The molecule has 0 aromatic carbocycles. The molecule has 0 saturated carbocycles. The third-order valence-electron chi connectivity index (χ3n) is 2.82. The quantitative estimate of drug-likeness (QED) is 0.720. The van der Waals surface area contributed by atoms with E-state index in [1.54, 1.807) is 7.11 Å². The molecule has 1 N–H and O–H groups in total. The van der Waals surface area contributed by atoms with Crippen LogP contribution in [0.2, 0.25) is 0 Å². The zero-order valence-electron chi connectivity index (χ0n) is 9.22. The summed E-state index contributed by atoms with van der Waals surface area (Å²) in [4.78, 5) is 0. The number of aryl methyl sites for hydroxylation is 1. The van der Waals surface area contributed by atoms with Crippen LogP contribution in [0.15, 0.2) is 0 Å². The normalized spacial score (nSPS) is 19.1. The summed E-state index contributed by atoms with van der Waals surface area (Å²) >= 11 is 0. The minimum absolute atomic E-state index is 0.0396. The molecular formula is C10H17N3O. The Kier molecular flexibility index (Phi) is 2.03. The van der Waals surface area contributed by atoms with Crippen molar-refractivity contribution in [2.45, 2.75) is 25.8 Å². The van der Waals surface area contributed by atoms with Crippen LogP contribution in [0, 0.1) is 0 Å². The third kappa shape index (κ3) is 1.21. The van der Waals surface area contributed by atoms with Crippen LogP contribution >= 0.6 is 0 Å². The summed E-state index contributed by atoms with van der Waals surface area (Å²) in [5.74, 6) is 0.898. The SMILES string of the molecule is COc1c2c(nn1C)C(C)(C)NCC2. The fraction of sp³-hybridized carbons (Fsp3) is 0.700. The maximum absolute atomic E-state index is 5.35. The van der Waals surface area contributed by atoms with E-state index in [0.717, 1.165) is 24.5 Å². The fourth-order valence-corrected chi connectivity index (χ4v) is 2.12. The van der Waals surface area contributed by atoms with Crippen molar-refractivity contribution < 1.29 is 4.74 Å². The van der Waals surface area contributed by atoms with Crippen molar-refractivity contribution in [3.8, 4) is 5.88 Å². The Balaban J connectivity index is 2.56. The van der Waals surface area contributed by atoms with E-state index < -0.39 is 0 Å². The van der Waals surface area contributed by atoms with Crippen molar-refractivity contribution in [2.24, 2.45) is 7.05 Å². The van der Waals surface area contributed by atoms with Crippen molar-refractivity contribution >= 4 is 0 Å². The number of nitrogens with one attached hydrogen (secondary N) is 1. The molecule has 0 bridgehead atoms. The lowest BCUT2D eigenvalue weighted by Gasteiger charge is -2.29. The molecule has 0 spiro atoms. The first kappa shape index (κ1) is 9.52. The van der Waals surface area contributed by atoms with E-state index in [9.17, 15) is 0 Å². The molecule has 1 aliphatic rings. The molecule has 0 saturated heterocycles. The summed E-state index contributed by atoms with van der Waals surface area (Å²) in [5, 5.41) is 7.95. The molecule has 1 aromatic heterocycles. The molecular weight excluding hydrogens is 178 g/mol. The Morgan fingerprint density at radius 1 is 1.50 bits per heavy atom. The summed E-state index contributed by atoms with van der Waals surface area (Å²) in [6.07, 6.45) is 0.996. The van der Waals surface area contributed by atoms with Crippen molar-refractivity contribution in [1.82, 2.24) is 15.1 Å². The minimum atomic E-state index is -0.0396. The van der Waals surface area contributed by atoms with Crippen LogP contribution in [0.25, 0.3) is 0 Å². The highest BCUT2D eigenvalue weighted by atomic mass is 16.5. The number of rotatable bonds is 1. The first-order valence-corrected chi connectivity index (χ1v) is 4.91. The third-order valence-corrected chi connectivity index (χ3v) is 2.82. The van der Waals surface area contributed by atoms with E-state index in [1.807, 2.05) is 11.7 Å². The Bertz CT molecular complexity index is 354. The molecule has 4 heteroatoms. The van der Waals surface area contributed by atoms with Crippen LogP contribution in [0.1, 0.15) is 25.1 Å². The van der Waals surface area contributed by atoms with Crippen LogP contribution in [-0.4, -0.2) is 23.4 Å². The molecule has 2 heterocycles. The summed E-state index contributed by atoms with van der Waals surface area (Å²) < 4.78 is 7.17. The molecule has 14 heavy (non-hydrogen) atoms. The maximum atomic E-state index is 5.35. The van der Waals surface area contributed by atoms with Crippen molar-refractivity contribution in [3.05, 3.63) is 11.3 Å². The van der Waals surface area contributed by atoms with Gasteiger partial charge in [-0.3, -0.25) is 0 Å². The van der Waals surface area contributed by atoms with Gasteiger partial charge in [0.15, 0.2) is 0 Å². The van der Waals surface area contributed by atoms with Crippen LogP contribution in [0.4, 0.5) is 0 Å². The average molecular weight is 195 g/mol. The lowest BCUT2D eigenvalue weighted by Crippen LogP contribution is -2.42. The van der Waals surface area contributed by atoms with Crippen LogP contribution in [0.5, 0.6) is 5.88 Å². The lowest BCUT2D eigenvalue weighted by molar-refractivity contribution is 0.360. The van der Waals surface area contributed by atoms with E-state index >= 15 is 0 Å². The molecule has 0 fully saturated rings. The van der Waals surface area contributed by atoms with Crippen LogP contribution in [0.3, 0.4) is 0 Å². The van der Waals surface area contributed by atoms with Gasteiger partial charge in [0.05, 0.1) is 18.3 Å². The minimum Gasteiger partial charge on any atom is -0.481 e. The highest BCUT2D eigenvalue weighted by Crippen LogP contribution is 2.32. The van der Waals surface area contributed by atoms with Gasteiger partial charge in [-0.1, -0.05) is 0 Å². The number of hydrogen-bond acceptors (Lipinski definition) is 3. The van der Waals surface area contributed by atoms with Crippen LogP contribution < -0.4 is 10.1 Å². The second kappa shape index (κ2) is 2.98. The van der Waals surface area contributed by atoms with Gasteiger partial charge in [-0.25, -0.2) is 4.68 Å². The lowest BCUT2D eigenvalue weighted by atomic mass is 9.91. The van der Waals surface area contributed by atoms with Gasteiger partial charge < -0.3 is 10.1 Å². The van der Waals surface area contributed by atoms with E-state index in [1.165, 1.54) is 5.56 Å². The second-order valence-electron chi connectivity index (χ2n) is 4.26. The van der Waals surface area contributed by atoms with E-state index in [-0.39, 0.29) is 5.54 Å². The second-order valence-corrected chi connectivity index (χ2v) is 4.26. The Hall–Kier alpha value is -1.03. The zero-order chi connectivity index (χ0) is 10.3. The van der Waals surface area contributed by atoms with Crippen molar-refractivity contribution in [1.29, 1.82) is 0 Å². The van der Waals surface area contributed by atoms with Crippen molar-refractivity contribution in [2.75, 3.05) is 13.7 Å². The monoisotopic (exact) mass is 195 g/mol. The van der Waals surface area contributed by atoms with E-state index in [2.05, 4.69) is 24.3 Å². The predicted molar refractivity (Wildman–Crippen MR) is 54.5 cm³/mol. The van der Waals surface area contributed by atoms with Gasteiger partial charge in [-0.2, -0.15) is 5.10 Å². The van der Waals surface area contributed by atoms with Gasteiger partial charge in [0.2, 0.25) is 5.88 Å². The molecule has 2 rings (SSSR count). The number of ether oxygens (including phenoxy) is 1. The standard InChI is InChI=1S/C10H17N3O/c1-10(2)8-7(5-6-11-10)9(14-4)13(3)12-8/h11H,5-6H2,1-4H3. The van der Waals surface area contributed by atoms with E-state index in [4.69, 9.17) is 4.74 Å². The Morgan fingerprint density at radius 2 is 2.21 bits per heavy atom. The number of methoxy groups -OCH3 is 1. The number of fused-ring (bicyclic) bond motifs is 1. The van der Waals surface area contributed by atoms with Gasteiger partial charge in [0.1, 0.15) is 0 Å². The fourth-order valence-electron chi connectivity index (χ4n) is 2.12. The maximum Gasteiger partial charge on any atom is 0.214 e. The summed E-state index contributed by atoms with van der Waals surface area (Å²) in [5.41, 5.74) is 2.32. The number of hydrogen-bond donors (Lipinski definition) is 1. The van der Waals surface area contributed by atoms with Gasteiger partial charge in [-0.05, 0) is 20.3 Å². The molecule has 0 aliphatic carbocycles. The molecule has 0 unspecified atom stereocenters. The highest BCUT2D eigenvalue weighted by molar-refractivity contribution is 5.37. The number of nitrogens with zero attached hydrogens (tertiary/aromatic N) is 2. The first-order valence-electron chi connectivity index (χ1n) is 4.91. The molecule has 0 atom stereocenters. The van der Waals surface area contributed by atoms with E-state index in [0.29, 0.717) is 0 Å². The first-order chi connectivity index (χ1) is 6.56. The van der Waals surface area contributed by atoms with Crippen LogP contribution in [-0.2, 0) is 19.0 Å². The van der Waals surface area contributed by atoms with Gasteiger partial charge in [0.25, 0.3) is 0 Å². The summed E-state index contributed by atoms with van der Waals surface area (Å²) in [6, 6.07) is 0. The zero-order valence-corrected chi connectivity index (χ0v) is 9.22. The predicted octanol–water partition coefficient (Wildman–Crippen LogP) is 0.809. The van der Waals surface area contributed by atoms with Crippen molar-refractivity contribution in [3.63, 3.8) is 0 Å². The van der Waals surface area contributed by atoms with Gasteiger partial charge in [-0.15, -0.1) is 0 Å². The Labute approximate surface area is 84.3 Å². The summed E-state index contributed by atoms with van der Waals surface area (Å²) in [6.45, 7) is 5.29. The molecule has 78 valence electrons. The number of aromatic nitrogens is 2. The largest absolute Gasteiger partial charge is 0.481 e. The van der Waals surface area contributed by atoms with Gasteiger partial charge in [0, 0.05) is 19.2 Å². The smallest absolute Gasteiger partial charge is 0.214 e. The molecule has 1 aliphatic heterocycles. The molecule has 0 amide bonds. The highest BCUT2D eigenvalue weighted by Gasteiger charge is 2.32. The molecule has 4 nitrogen and oxygen atoms in total. The topological polar surface area (TPSA) is 39.1 Å². The average Bonchev–Trinajstić information content (AvgIpc) is 2.42. The van der Waals surface area contributed by atoms with Gasteiger partial charge >= 0.3 is 0 Å². The summed E-state index contributed by atoms with van der Waals surface area (Å²) in [7, 11) is 3.62. The molecule has 0 radical (unpaired) electrons. The molecule has 1 aromatic rings.